The van der Waals surface area contributed by atoms with Crippen molar-refractivity contribution < 1.29 is 27.8 Å². The molecule has 22 heavy (non-hydrogen) atoms. The van der Waals surface area contributed by atoms with E-state index in [9.17, 15) is 23.1 Å². The second-order valence-electron chi connectivity index (χ2n) is 5.05. The van der Waals surface area contributed by atoms with Gasteiger partial charge >= 0.3 is 5.92 Å². The van der Waals surface area contributed by atoms with E-state index in [2.05, 4.69) is 5.92 Å². The number of alkyl halides is 2. The van der Waals surface area contributed by atoms with Gasteiger partial charge < -0.3 is 15.2 Å². The van der Waals surface area contributed by atoms with Gasteiger partial charge in [-0.25, -0.2) is 4.39 Å². The van der Waals surface area contributed by atoms with Gasteiger partial charge in [0.2, 0.25) is 0 Å². The summed E-state index contributed by atoms with van der Waals surface area (Å²) in [5, 5.41) is 11.7. The molecule has 0 atom stereocenters. The summed E-state index contributed by atoms with van der Waals surface area (Å²) in [5.74, 6) is -4.32. The van der Waals surface area contributed by atoms with Crippen molar-refractivity contribution in [3.8, 4) is 18.1 Å². The van der Waals surface area contributed by atoms with Crippen LogP contribution in [0.25, 0.3) is 0 Å². The van der Waals surface area contributed by atoms with Crippen molar-refractivity contribution in [3.05, 3.63) is 24.0 Å². The summed E-state index contributed by atoms with van der Waals surface area (Å²) in [6.45, 7) is -0.216. The lowest BCUT2D eigenvalue weighted by atomic mass is 9.75. The molecule has 1 fully saturated rings. The average molecular weight is 313 g/mol. The highest BCUT2D eigenvalue weighted by Crippen LogP contribution is 2.45. The monoisotopic (exact) mass is 313 g/mol. The van der Waals surface area contributed by atoms with Crippen molar-refractivity contribution in [1.82, 2.24) is 0 Å². The number of rotatable bonds is 5. The van der Waals surface area contributed by atoms with Crippen LogP contribution in [0.2, 0.25) is 0 Å². The molecule has 0 heterocycles. The van der Waals surface area contributed by atoms with Crippen LogP contribution in [0.3, 0.4) is 0 Å². The molecule has 0 radical (unpaired) electrons. The molecular weight excluding hydrogens is 299 g/mol. The Morgan fingerprint density at radius 3 is 2.73 bits per heavy atom. The smallest absolute Gasteiger partial charge is 0.352 e. The number of ether oxygens (including phenoxy) is 1. The van der Waals surface area contributed by atoms with Gasteiger partial charge in [-0.2, -0.15) is 8.78 Å². The number of benzene rings is 1. The zero-order valence-corrected chi connectivity index (χ0v) is 11.5. The van der Waals surface area contributed by atoms with Crippen LogP contribution < -0.4 is 10.1 Å². The molecule has 1 aliphatic carbocycles. The first-order valence-electron chi connectivity index (χ1n) is 6.57. The summed E-state index contributed by atoms with van der Waals surface area (Å²) in [7, 11) is 0. The van der Waals surface area contributed by atoms with E-state index >= 15 is 0 Å². The molecule has 0 saturated heterocycles. The third-order valence-corrected chi connectivity index (χ3v) is 3.55. The van der Waals surface area contributed by atoms with E-state index in [0.717, 1.165) is 18.2 Å². The van der Waals surface area contributed by atoms with Gasteiger partial charge in [0.05, 0.1) is 5.69 Å². The molecule has 1 amide bonds. The Hall–Kier alpha value is -2.20. The molecular formula is C15H14F3NO3. The lowest BCUT2D eigenvalue weighted by molar-refractivity contribution is -0.212. The highest BCUT2D eigenvalue weighted by molar-refractivity contribution is 5.98. The van der Waals surface area contributed by atoms with Crippen LogP contribution in [0.1, 0.15) is 19.3 Å². The number of hydrogen-bond donors (Lipinski definition) is 2. The molecule has 1 aliphatic rings. The van der Waals surface area contributed by atoms with Crippen molar-refractivity contribution >= 4 is 11.6 Å². The largest absolute Gasteiger partial charge is 0.479 e. The van der Waals surface area contributed by atoms with Gasteiger partial charge in [0.25, 0.3) is 5.91 Å². The van der Waals surface area contributed by atoms with Crippen molar-refractivity contribution in [3.63, 3.8) is 0 Å². The van der Waals surface area contributed by atoms with Crippen LogP contribution >= 0.6 is 0 Å². The molecule has 0 unspecified atom stereocenters. The quantitative estimate of drug-likeness (QED) is 0.820. The van der Waals surface area contributed by atoms with Crippen LogP contribution in [0, 0.1) is 18.2 Å². The molecule has 0 spiro atoms. The Morgan fingerprint density at radius 1 is 1.50 bits per heavy atom. The molecule has 0 bridgehead atoms. The van der Waals surface area contributed by atoms with Gasteiger partial charge in [0, 0.05) is 6.07 Å². The minimum atomic E-state index is -3.96. The molecule has 2 N–H and O–H groups in total. The minimum Gasteiger partial charge on any atom is -0.479 e. The molecule has 118 valence electrons. The van der Waals surface area contributed by atoms with Gasteiger partial charge in [-0.15, -0.1) is 6.42 Å². The maximum atomic E-state index is 14.0. The fraction of sp³-hybridized carbons (Fsp3) is 0.400. The zero-order valence-electron chi connectivity index (χ0n) is 11.5. The lowest BCUT2D eigenvalue weighted by Gasteiger charge is -2.41. The topological polar surface area (TPSA) is 58.6 Å². The number of carbonyl (C=O) groups excluding carboxylic acids is 1. The first-order valence-corrected chi connectivity index (χ1v) is 6.57. The van der Waals surface area contributed by atoms with Gasteiger partial charge in [-0.3, -0.25) is 4.79 Å². The Labute approximate surface area is 125 Å². The molecule has 1 aromatic rings. The first kappa shape index (κ1) is 16.2. The van der Waals surface area contributed by atoms with Crippen LogP contribution in [0.4, 0.5) is 18.9 Å². The maximum absolute atomic E-state index is 14.0. The van der Waals surface area contributed by atoms with Crippen LogP contribution in [-0.4, -0.2) is 29.1 Å². The number of aliphatic hydroxyl groups is 1. The summed E-state index contributed by atoms with van der Waals surface area (Å²) < 4.78 is 46.1. The summed E-state index contributed by atoms with van der Waals surface area (Å²) in [6.07, 6.45) is 5.12. The fourth-order valence-electron chi connectivity index (χ4n) is 2.08. The fourth-order valence-corrected chi connectivity index (χ4v) is 2.08. The van der Waals surface area contributed by atoms with E-state index in [1.165, 1.54) is 0 Å². The Balaban J connectivity index is 2.19. The number of anilines is 1. The number of amides is 1. The van der Waals surface area contributed by atoms with Gasteiger partial charge in [-0.05, 0) is 31.4 Å². The number of hydrogen-bond acceptors (Lipinski definition) is 3. The normalized spacial score (nSPS) is 16.3. The summed E-state index contributed by atoms with van der Waals surface area (Å²) >= 11 is 0. The van der Waals surface area contributed by atoms with Gasteiger partial charge in [-0.1, -0.05) is 5.92 Å². The molecule has 1 saturated carbocycles. The molecule has 7 heteroatoms. The molecule has 4 nitrogen and oxygen atoms in total. The lowest BCUT2D eigenvalue weighted by Crippen LogP contribution is -2.59. The second kappa shape index (κ2) is 5.89. The van der Waals surface area contributed by atoms with Crippen molar-refractivity contribution in [2.24, 2.45) is 0 Å². The van der Waals surface area contributed by atoms with Crippen LogP contribution in [0.5, 0.6) is 5.75 Å². The Morgan fingerprint density at radius 2 is 2.18 bits per heavy atom. The summed E-state index contributed by atoms with van der Waals surface area (Å²) in [6, 6.07) is 2.98. The third-order valence-electron chi connectivity index (χ3n) is 3.55. The van der Waals surface area contributed by atoms with E-state index in [0.29, 0.717) is 6.42 Å². The van der Waals surface area contributed by atoms with E-state index in [4.69, 9.17) is 11.2 Å². The summed E-state index contributed by atoms with van der Waals surface area (Å²) in [5.41, 5.74) is -2.49. The molecule has 2 rings (SSSR count). The van der Waals surface area contributed by atoms with Crippen LogP contribution in [0.15, 0.2) is 18.2 Å². The number of halogens is 3. The van der Waals surface area contributed by atoms with Crippen molar-refractivity contribution in [2.75, 3.05) is 11.9 Å². The molecule has 0 aliphatic heterocycles. The first-order chi connectivity index (χ1) is 10.3. The van der Waals surface area contributed by atoms with E-state index in [-0.39, 0.29) is 30.9 Å². The second-order valence-corrected chi connectivity index (χ2v) is 5.05. The van der Waals surface area contributed by atoms with E-state index in [1.54, 1.807) is 0 Å². The Bertz CT molecular complexity index is 621. The predicted octanol–water partition coefficient (Wildman–Crippen LogP) is 2.33. The highest BCUT2D eigenvalue weighted by atomic mass is 19.3. The van der Waals surface area contributed by atoms with Crippen molar-refractivity contribution in [1.29, 1.82) is 0 Å². The highest BCUT2D eigenvalue weighted by Gasteiger charge is 2.61. The minimum absolute atomic E-state index is 0.149. The SMILES string of the molecule is C#CCOc1cc(F)ccc1NC(=O)C(F)(F)C1(O)CCC1. The van der Waals surface area contributed by atoms with Crippen molar-refractivity contribution in [2.45, 2.75) is 30.8 Å². The van der Waals surface area contributed by atoms with E-state index in [1.807, 2.05) is 5.32 Å². The van der Waals surface area contributed by atoms with Crippen LogP contribution in [-0.2, 0) is 4.79 Å². The zero-order chi connectivity index (χ0) is 16.4. The Kier molecular flexibility index (Phi) is 4.33. The van der Waals surface area contributed by atoms with Gasteiger partial charge in [0.15, 0.2) is 0 Å². The summed E-state index contributed by atoms with van der Waals surface area (Å²) in [4.78, 5) is 11.8. The maximum Gasteiger partial charge on any atom is 0.352 e. The molecule has 1 aromatic carbocycles. The van der Waals surface area contributed by atoms with E-state index < -0.39 is 23.2 Å². The average Bonchev–Trinajstić information content (AvgIpc) is 2.44. The van der Waals surface area contributed by atoms with Gasteiger partial charge in [0.1, 0.15) is 23.8 Å². The number of terminal acetylenes is 1. The standard InChI is InChI=1S/C15H14F3NO3/c1-2-8-22-12-9-10(16)4-5-11(12)19-13(20)15(17,18)14(21)6-3-7-14/h1,4-5,9,21H,3,6-8H2,(H,19,20). The third kappa shape index (κ3) is 2.88. The predicted molar refractivity (Wildman–Crippen MR) is 73.1 cm³/mol. The number of nitrogens with one attached hydrogen (secondary N) is 1. The molecule has 0 aromatic heterocycles. The number of carbonyl (C=O) groups is 1.